The van der Waals surface area contributed by atoms with Crippen LogP contribution in [-0.4, -0.2) is 45.4 Å². The van der Waals surface area contributed by atoms with Crippen molar-refractivity contribution in [1.29, 1.82) is 0 Å². The summed E-state index contributed by atoms with van der Waals surface area (Å²) in [5.41, 5.74) is 0. The van der Waals surface area contributed by atoms with Gasteiger partial charge in [-0.05, 0) is 0 Å². The maximum atomic E-state index is 8.50. The molecule has 0 aliphatic carbocycles. The molecule has 6 heteroatoms. The van der Waals surface area contributed by atoms with Crippen molar-refractivity contribution in [3.63, 3.8) is 0 Å². The van der Waals surface area contributed by atoms with Crippen LogP contribution in [0.3, 0.4) is 0 Å². The zero-order valence-electron chi connectivity index (χ0n) is 9.14. The first-order valence-corrected chi connectivity index (χ1v) is 5.97. The molecule has 0 aliphatic rings. The van der Waals surface area contributed by atoms with Crippen LogP contribution >= 0.6 is 11.8 Å². The molecule has 0 aromatic carbocycles. The zero-order valence-corrected chi connectivity index (χ0v) is 9.96. The van der Waals surface area contributed by atoms with E-state index in [2.05, 4.69) is 17.1 Å². The summed E-state index contributed by atoms with van der Waals surface area (Å²) in [6.07, 6.45) is 0.894. The van der Waals surface area contributed by atoms with Crippen LogP contribution in [-0.2, 0) is 18.2 Å². The minimum absolute atomic E-state index is 0.0780. The van der Waals surface area contributed by atoms with Crippen molar-refractivity contribution in [1.82, 2.24) is 14.8 Å². The van der Waals surface area contributed by atoms with Gasteiger partial charge in [-0.1, -0.05) is 18.7 Å². The SMILES string of the molecule is CCc1nnc(SCCOCCO)n1C. The van der Waals surface area contributed by atoms with E-state index in [-0.39, 0.29) is 6.61 Å². The van der Waals surface area contributed by atoms with Crippen LogP contribution < -0.4 is 0 Å². The van der Waals surface area contributed by atoms with Gasteiger partial charge >= 0.3 is 0 Å². The largest absolute Gasteiger partial charge is 0.394 e. The van der Waals surface area contributed by atoms with Gasteiger partial charge in [0.05, 0.1) is 19.8 Å². The lowest BCUT2D eigenvalue weighted by molar-refractivity contribution is 0.103. The van der Waals surface area contributed by atoms with E-state index in [9.17, 15) is 0 Å². The highest BCUT2D eigenvalue weighted by Gasteiger charge is 2.06. The van der Waals surface area contributed by atoms with E-state index in [1.807, 2.05) is 11.6 Å². The number of hydrogen-bond donors (Lipinski definition) is 1. The molecule has 0 bridgehead atoms. The Labute approximate surface area is 93.8 Å². The lowest BCUT2D eigenvalue weighted by Crippen LogP contribution is -2.03. The first kappa shape index (κ1) is 12.5. The summed E-state index contributed by atoms with van der Waals surface area (Å²) in [7, 11) is 1.97. The Kier molecular flexibility index (Phi) is 5.67. The molecule has 0 radical (unpaired) electrons. The molecule has 0 spiro atoms. The van der Waals surface area contributed by atoms with Crippen molar-refractivity contribution in [3.8, 4) is 0 Å². The van der Waals surface area contributed by atoms with Gasteiger partial charge in [-0.3, -0.25) is 0 Å². The maximum absolute atomic E-state index is 8.50. The summed E-state index contributed by atoms with van der Waals surface area (Å²) in [5.74, 6) is 1.82. The third kappa shape index (κ3) is 3.81. The number of thioether (sulfide) groups is 1. The first-order chi connectivity index (χ1) is 7.29. The molecule has 0 atom stereocenters. The minimum atomic E-state index is 0.0780. The van der Waals surface area contributed by atoms with E-state index in [1.54, 1.807) is 11.8 Å². The maximum Gasteiger partial charge on any atom is 0.191 e. The summed E-state index contributed by atoms with van der Waals surface area (Å²) in [6.45, 7) is 3.16. The van der Waals surface area contributed by atoms with Crippen LogP contribution in [0, 0.1) is 0 Å². The number of rotatable bonds is 7. The molecule has 1 aromatic heterocycles. The van der Waals surface area contributed by atoms with E-state index < -0.39 is 0 Å². The Morgan fingerprint density at radius 2 is 2.20 bits per heavy atom. The number of hydrogen-bond acceptors (Lipinski definition) is 5. The van der Waals surface area contributed by atoms with Gasteiger partial charge in [0, 0.05) is 19.2 Å². The number of ether oxygens (including phenoxy) is 1. The second-order valence-corrected chi connectivity index (χ2v) is 4.06. The Morgan fingerprint density at radius 3 is 2.80 bits per heavy atom. The molecule has 0 unspecified atom stereocenters. The molecule has 0 amide bonds. The van der Waals surface area contributed by atoms with Gasteiger partial charge in [-0.2, -0.15) is 0 Å². The molecule has 1 rings (SSSR count). The van der Waals surface area contributed by atoms with Gasteiger partial charge in [0.2, 0.25) is 0 Å². The van der Waals surface area contributed by atoms with Crippen molar-refractivity contribution >= 4 is 11.8 Å². The van der Waals surface area contributed by atoms with Crippen molar-refractivity contribution < 1.29 is 9.84 Å². The Balaban J connectivity index is 2.28. The number of aromatic nitrogens is 3. The molecule has 86 valence electrons. The van der Waals surface area contributed by atoms with Crippen LogP contribution in [0.25, 0.3) is 0 Å². The molecule has 0 fully saturated rings. The number of aliphatic hydroxyl groups is 1. The molecule has 0 aliphatic heterocycles. The topological polar surface area (TPSA) is 60.2 Å². The van der Waals surface area contributed by atoms with Crippen molar-refractivity contribution in [2.24, 2.45) is 7.05 Å². The van der Waals surface area contributed by atoms with E-state index in [4.69, 9.17) is 9.84 Å². The highest BCUT2D eigenvalue weighted by Crippen LogP contribution is 2.15. The third-order valence-corrected chi connectivity index (χ3v) is 2.92. The second kappa shape index (κ2) is 6.81. The van der Waals surface area contributed by atoms with Crippen LogP contribution in [0.4, 0.5) is 0 Å². The molecule has 1 aromatic rings. The van der Waals surface area contributed by atoms with Gasteiger partial charge in [0.25, 0.3) is 0 Å². The molecule has 0 saturated heterocycles. The van der Waals surface area contributed by atoms with Crippen molar-refractivity contribution in [3.05, 3.63) is 5.82 Å². The molecule has 0 saturated carbocycles. The lowest BCUT2D eigenvalue weighted by atomic mass is 10.5. The molecule has 5 nitrogen and oxygen atoms in total. The van der Waals surface area contributed by atoms with E-state index in [0.29, 0.717) is 13.2 Å². The average Bonchev–Trinajstić information content (AvgIpc) is 2.60. The summed E-state index contributed by atoms with van der Waals surface area (Å²) in [5, 5.41) is 17.6. The van der Waals surface area contributed by atoms with Crippen LogP contribution in [0.5, 0.6) is 0 Å². The van der Waals surface area contributed by atoms with E-state index >= 15 is 0 Å². The molecular weight excluding hydrogens is 214 g/mol. The van der Waals surface area contributed by atoms with Gasteiger partial charge in [0.1, 0.15) is 5.82 Å². The van der Waals surface area contributed by atoms with Crippen molar-refractivity contribution in [2.75, 3.05) is 25.6 Å². The number of aliphatic hydroxyl groups excluding tert-OH is 1. The quantitative estimate of drug-likeness (QED) is 0.546. The fourth-order valence-electron chi connectivity index (χ4n) is 1.14. The van der Waals surface area contributed by atoms with E-state index in [1.165, 1.54) is 0 Å². The Hall–Kier alpha value is -0.590. The fraction of sp³-hybridized carbons (Fsp3) is 0.778. The molecule has 15 heavy (non-hydrogen) atoms. The third-order valence-electron chi connectivity index (χ3n) is 1.94. The highest BCUT2D eigenvalue weighted by molar-refractivity contribution is 7.99. The predicted octanol–water partition coefficient (Wildman–Crippen LogP) is 0.478. The summed E-state index contributed by atoms with van der Waals surface area (Å²) < 4.78 is 7.15. The van der Waals surface area contributed by atoms with Crippen LogP contribution in [0.15, 0.2) is 5.16 Å². The first-order valence-electron chi connectivity index (χ1n) is 4.99. The standard InChI is InChI=1S/C9H17N3O2S/c1-3-8-10-11-9(12(8)2)15-7-6-14-5-4-13/h13H,3-7H2,1-2H3. The average molecular weight is 231 g/mol. The predicted molar refractivity (Wildman–Crippen MR) is 59.0 cm³/mol. The summed E-state index contributed by atoms with van der Waals surface area (Å²) in [4.78, 5) is 0. The Bertz CT molecular complexity index is 291. The van der Waals surface area contributed by atoms with Crippen LogP contribution in [0.2, 0.25) is 0 Å². The van der Waals surface area contributed by atoms with Gasteiger partial charge < -0.3 is 14.4 Å². The van der Waals surface area contributed by atoms with Gasteiger partial charge in [0.15, 0.2) is 5.16 Å². The van der Waals surface area contributed by atoms with Crippen molar-refractivity contribution in [2.45, 2.75) is 18.5 Å². The monoisotopic (exact) mass is 231 g/mol. The molecular formula is C9H17N3O2S. The smallest absolute Gasteiger partial charge is 0.191 e. The summed E-state index contributed by atoms with van der Waals surface area (Å²) in [6, 6.07) is 0. The lowest BCUT2D eigenvalue weighted by Gasteiger charge is -2.02. The normalized spacial score (nSPS) is 10.9. The van der Waals surface area contributed by atoms with Gasteiger partial charge in [-0.15, -0.1) is 10.2 Å². The number of aryl methyl sites for hydroxylation is 1. The summed E-state index contributed by atoms with van der Waals surface area (Å²) >= 11 is 1.62. The molecule has 1 heterocycles. The van der Waals surface area contributed by atoms with Gasteiger partial charge in [-0.25, -0.2) is 0 Å². The zero-order chi connectivity index (χ0) is 11.1. The second-order valence-electron chi connectivity index (χ2n) is 3.00. The minimum Gasteiger partial charge on any atom is -0.394 e. The number of nitrogens with zero attached hydrogens (tertiary/aromatic N) is 3. The Morgan fingerprint density at radius 1 is 1.40 bits per heavy atom. The van der Waals surface area contributed by atoms with E-state index in [0.717, 1.165) is 23.2 Å². The fourth-order valence-corrected chi connectivity index (χ4v) is 1.92. The molecule has 1 N–H and O–H groups in total. The van der Waals surface area contributed by atoms with Crippen LogP contribution in [0.1, 0.15) is 12.7 Å². The highest BCUT2D eigenvalue weighted by atomic mass is 32.2.